The van der Waals surface area contributed by atoms with Crippen LogP contribution < -0.4 is 10.1 Å². The van der Waals surface area contributed by atoms with Crippen LogP contribution in [0.25, 0.3) is 0 Å². The summed E-state index contributed by atoms with van der Waals surface area (Å²) in [6.45, 7) is 0.413. The van der Waals surface area contributed by atoms with Gasteiger partial charge in [-0.1, -0.05) is 18.2 Å². The number of pyridine rings is 1. The van der Waals surface area contributed by atoms with E-state index in [1.165, 1.54) is 12.1 Å². The Morgan fingerprint density at radius 1 is 1.20 bits per heavy atom. The smallest absolute Gasteiger partial charge is 0.258 e. The Morgan fingerprint density at radius 3 is 2.70 bits per heavy atom. The maximum Gasteiger partial charge on any atom is 0.258 e. The Hall–Kier alpha value is -2.43. The highest BCUT2D eigenvalue weighted by Gasteiger charge is 2.02. The number of rotatable bonds is 6. The number of nitrogens with one attached hydrogen (secondary N) is 1. The minimum absolute atomic E-state index is 0.0690. The van der Waals surface area contributed by atoms with Gasteiger partial charge >= 0.3 is 0 Å². The molecule has 0 fully saturated rings. The number of halogens is 1. The van der Waals surface area contributed by atoms with E-state index >= 15 is 0 Å². The lowest BCUT2D eigenvalue weighted by molar-refractivity contribution is -0.123. The third kappa shape index (κ3) is 4.68. The van der Waals surface area contributed by atoms with E-state index in [-0.39, 0.29) is 18.3 Å². The van der Waals surface area contributed by atoms with Crippen molar-refractivity contribution in [1.82, 2.24) is 10.3 Å². The van der Waals surface area contributed by atoms with Crippen molar-refractivity contribution in [3.63, 3.8) is 0 Å². The van der Waals surface area contributed by atoms with Crippen molar-refractivity contribution < 1.29 is 13.9 Å². The van der Waals surface area contributed by atoms with Crippen LogP contribution >= 0.6 is 0 Å². The van der Waals surface area contributed by atoms with Crippen LogP contribution in [0, 0.1) is 5.82 Å². The number of aromatic nitrogens is 1. The summed E-state index contributed by atoms with van der Waals surface area (Å²) in [5, 5.41) is 2.73. The third-order valence-corrected chi connectivity index (χ3v) is 2.64. The first-order valence-electron chi connectivity index (χ1n) is 6.29. The van der Waals surface area contributed by atoms with E-state index in [1.54, 1.807) is 36.5 Å². The fraction of sp³-hybridized carbons (Fsp3) is 0.200. The van der Waals surface area contributed by atoms with Gasteiger partial charge in [0.15, 0.2) is 6.61 Å². The number of benzene rings is 1. The molecule has 0 atom stereocenters. The lowest BCUT2D eigenvalue weighted by Crippen LogP contribution is -2.30. The molecule has 0 saturated heterocycles. The van der Waals surface area contributed by atoms with Gasteiger partial charge in [0.2, 0.25) is 5.88 Å². The number of carbonyl (C=O) groups excluding carboxylic acids is 1. The molecule has 1 heterocycles. The molecule has 2 aromatic rings. The minimum Gasteiger partial charge on any atom is -0.468 e. The van der Waals surface area contributed by atoms with E-state index in [9.17, 15) is 9.18 Å². The fourth-order valence-corrected chi connectivity index (χ4v) is 1.62. The predicted octanol–water partition coefficient (Wildman–Crippen LogP) is 1.96. The van der Waals surface area contributed by atoms with Gasteiger partial charge in [-0.3, -0.25) is 4.79 Å². The number of amides is 1. The first-order chi connectivity index (χ1) is 9.74. The average molecular weight is 274 g/mol. The third-order valence-electron chi connectivity index (χ3n) is 2.64. The van der Waals surface area contributed by atoms with Gasteiger partial charge in [-0.15, -0.1) is 0 Å². The van der Waals surface area contributed by atoms with E-state index in [0.29, 0.717) is 18.8 Å². The summed E-state index contributed by atoms with van der Waals surface area (Å²) in [5.74, 6) is -0.0551. The number of ether oxygens (including phenoxy) is 1. The lowest BCUT2D eigenvalue weighted by Gasteiger charge is -2.06. The molecule has 0 saturated carbocycles. The van der Waals surface area contributed by atoms with Crippen molar-refractivity contribution in [3.8, 4) is 5.88 Å². The molecule has 0 bridgehead atoms. The van der Waals surface area contributed by atoms with E-state index < -0.39 is 0 Å². The highest BCUT2D eigenvalue weighted by Crippen LogP contribution is 2.03. The number of hydrogen-bond acceptors (Lipinski definition) is 3. The maximum atomic E-state index is 12.7. The molecule has 0 aliphatic carbocycles. The zero-order chi connectivity index (χ0) is 14.2. The van der Waals surface area contributed by atoms with Crippen LogP contribution in [0.1, 0.15) is 5.56 Å². The highest BCUT2D eigenvalue weighted by atomic mass is 19.1. The molecule has 2 rings (SSSR count). The van der Waals surface area contributed by atoms with Crippen molar-refractivity contribution in [1.29, 1.82) is 0 Å². The van der Waals surface area contributed by atoms with Crippen LogP contribution in [0.3, 0.4) is 0 Å². The average Bonchev–Trinajstić information content (AvgIpc) is 2.48. The molecule has 0 spiro atoms. The number of carbonyl (C=O) groups is 1. The summed E-state index contributed by atoms with van der Waals surface area (Å²) in [7, 11) is 0. The predicted molar refractivity (Wildman–Crippen MR) is 72.8 cm³/mol. The number of hydrogen-bond donors (Lipinski definition) is 1. The normalized spacial score (nSPS) is 10.1. The van der Waals surface area contributed by atoms with E-state index in [4.69, 9.17) is 4.74 Å². The van der Waals surface area contributed by atoms with Gasteiger partial charge in [0.25, 0.3) is 5.91 Å². The molecular weight excluding hydrogens is 259 g/mol. The molecule has 0 radical (unpaired) electrons. The molecule has 20 heavy (non-hydrogen) atoms. The summed E-state index contributed by atoms with van der Waals surface area (Å²) in [4.78, 5) is 15.5. The molecular formula is C15H15FN2O2. The summed E-state index contributed by atoms with van der Waals surface area (Å²) < 4.78 is 17.9. The molecule has 104 valence electrons. The topological polar surface area (TPSA) is 51.2 Å². The molecule has 4 nitrogen and oxygen atoms in total. The standard InChI is InChI=1S/C15H15FN2O2/c16-13-6-4-12(5-7-13)8-10-17-14(19)11-20-15-3-1-2-9-18-15/h1-7,9H,8,10-11H2,(H,17,19). The summed E-state index contributed by atoms with van der Waals surface area (Å²) in [6, 6.07) is 11.5. The SMILES string of the molecule is O=C(COc1ccccn1)NCCc1ccc(F)cc1. The van der Waals surface area contributed by atoms with Gasteiger partial charge in [-0.05, 0) is 30.2 Å². The molecule has 1 aromatic heterocycles. The van der Waals surface area contributed by atoms with Gasteiger partial charge in [0, 0.05) is 18.8 Å². The van der Waals surface area contributed by atoms with Gasteiger partial charge < -0.3 is 10.1 Å². The van der Waals surface area contributed by atoms with Crippen LogP contribution in [-0.2, 0) is 11.2 Å². The van der Waals surface area contributed by atoms with Crippen LogP contribution in [0.2, 0.25) is 0 Å². The maximum absolute atomic E-state index is 12.7. The second kappa shape index (κ2) is 7.23. The first-order valence-corrected chi connectivity index (χ1v) is 6.29. The van der Waals surface area contributed by atoms with Crippen LogP contribution in [0.15, 0.2) is 48.7 Å². The van der Waals surface area contributed by atoms with E-state index in [0.717, 1.165) is 5.56 Å². The van der Waals surface area contributed by atoms with Crippen molar-refractivity contribution in [2.45, 2.75) is 6.42 Å². The second-order valence-corrected chi connectivity index (χ2v) is 4.18. The molecule has 1 aromatic carbocycles. The fourth-order valence-electron chi connectivity index (χ4n) is 1.62. The van der Waals surface area contributed by atoms with Gasteiger partial charge in [0.1, 0.15) is 5.82 Å². The Bertz CT molecular complexity index is 544. The quantitative estimate of drug-likeness (QED) is 0.876. The lowest BCUT2D eigenvalue weighted by atomic mass is 10.1. The molecule has 0 aliphatic heterocycles. The van der Waals surface area contributed by atoms with E-state index in [2.05, 4.69) is 10.3 Å². The molecule has 1 amide bonds. The Morgan fingerprint density at radius 2 is 2.00 bits per heavy atom. The van der Waals surface area contributed by atoms with Crippen molar-refractivity contribution >= 4 is 5.91 Å². The molecule has 1 N–H and O–H groups in total. The Kier molecular flexibility index (Phi) is 5.06. The molecule has 0 unspecified atom stereocenters. The monoisotopic (exact) mass is 274 g/mol. The van der Waals surface area contributed by atoms with Crippen LogP contribution in [0.5, 0.6) is 5.88 Å². The Balaban J connectivity index is 1.66. The summed E-state index contributed by atoms with van der Waals surface area (Å²) in [6.07, 6.45) is 2.25. The zero-order valence-electron chi connectivity index (χ0n) is 10.9. The van der Waals surface area contributed by atoms with Crippen molar-refractivity contribution in [3.05, 3.63) is 60.0 Å². The molecule has 0 aliphatic rings. The van der Waals surface area contributed by atoms with Crippen LogP contribution in [-0.4, -0.2) is 24.0 Å². The molecule has 5 heteroatoms. The summed E-state index contributed by atoms with van der Waals surface area (Å²) in [5.41, 5.74) is 0.970. The van der Waals surface area contributed by atoms with Crippen molar-refractivity contribution in [2.75, 3.05) is 13.2 Å². The minimum atomic E-state index is -0.262. The first kappa shape index (κ1) is 14.0. The number of nitrogens with zero attached hydrogens (tertiary/aromatic N) is 1. The Labute approximate surface area is 116 Å². The van der Waals surface area contributed by atoms with Gasteiger partial charge in [-0.25, -0.2) is 9.37 Å². The van der Waals surface area contributed by atoms with E-state index in [1.807, 2.05) is 0 Å². The van der Waals surface area contributed by atoms with Crippen molar-refractivity contribution in [2.24, 2.45) is 0 Å². The van der Waals surface area contributed by atoms with Gasteiger partial charge in [-0.2, -0.15) is 0 Å². The van der Waals surface area contributed by atoms with Gasteiger partial charge in [0.05, 0.1) is 0 Å². The second-order valence-electron chi connectivity index (χ2n) is 4.18. The summed E-state index contributed by atoms with van der Waals surface area (Å²) >= 11 is 0. The highest BCUT2D eigenvalue weighted by molar-refractivity contribution is 5.77. The zero-order valence-corrected chi connectivity index (χ0v) is 10.9. The van der Waals surface area contributed by atoms with Crippen LogP contribution in [0.4, 0.5) is 4.39 Å². The largest absolute Gasteiger partial charge is 0.468 e.